The van der Waals surface area contributed by atoms with E-state index < -0.39 is 0 Å². The first kappa shape index (κ1) is 13.6. The van der Waals surface area contributed by atoms with E-state index >= 15 is 0 Å². The Morgan fingerprint density at radius 3 is 2.96 bits per heavy atom. The van der Waals surface area contributed by atoms with Gasteiger partial charge in [0.2, 0.25) is 5.95 Å². The molecule has 2 N–H and O–H groups in total. The second-order valence-electron chi connectivity index (χ2n) is 5.02. The molecular weight excluding hydrogens is 310 g/mol. The average molecular weight is 320 g/mol. The third-order valence-electron chi connectivity index (χ3n) is 3.52. The van der Waals surface area contributed by atoms with Crippen molar-refractivity contribution >= 4 is 45.0 Å². The minimum Gasteiger partial charge on any atom is -0.323 e. The van der Waals surface area contributed by atoms with E-state index in [0.717, 1.165) is 33.1 Å². The Labute approximate surface area is 136 Å². The van der Waals surface area contributed by atoms with E-state index in [1.54, 1.807) is 12.4 Å². The molecule has 0 unspecified atom stereocenters. The van der Waals surface area contributed by atoms with E-state index in [1.807, 2.05) is 30.3 Å². The van der Waals surface area contributed by atoms with E-state index in [0.29, 0.717) is 11.0 Å². The van der Waals surface area contributed by atoms with Gasteiger partial charge in [-0.15, -0.1) is 6.42 Å². The van der Waals surface area contributed by atoms with Crippen molar-refractivity contribution in [3.05, 3.63) is 53.3 Å². The Hall–Kier alpha value is -3.10. The molecule has 0 saturated heterocycles. The van der Waals surface area contributed by atoms with Crippen molar-refractivity contribution in [3.63, 3.8) is 0 Å². The molecule has 0 aliphatic carbocycles. The number of nitrogens with zero attached hydrogens (tertiary/aromatic N) is 3. The van der Waals surface area contributed by atoms with Crippen molar-refractivity contribution in [2.75, 3.05) is 5.32 Å². The molecule has 0 aliphatic rings. The molecule has 0 radical (unpaired) electrons. The molecule has 0 bridgehead atoms. The molecule has 2 aromatic heterocycles. The van der Waals surface area contributed by atoms with Crippen LogP contribution < -0.4 is 5.32 Å². The van der Waals surface area contributed by atoms with Crippen LogP contribution in [-0.4, -0.2) is 20.2 Å². The van der Waals surface area contributed by atoms with Crippen LogP contribution in [0.2, 0.25) is 5.02 Å². The third kappa shape index (κ3) is 2.45. The fourth-order valence-electron chi connectivity index (χ4n) is 2.42. The monoisotopic (exact) mass is 319 g/mol. The van der Waals surface area contributed by atoms with Gasteiger partial charge < -0.3 is 5.32 Å². The normalized spacial score (nSPS) is 10.8. The zero-order valence-corrected chi connectivity index (χ0v) is 12.6. The summed E-state index contributed by atoms with van der Waals surface area (Å²) in [4.78, 5) is 8.84. The SMILES string of the molecule is C#Cc1ccc2nc(Nc3cc(Cl)cc4[nH]ncc34)ncc2c1. The molecule has 4 rings (SSSR count). The van der Waals surface area contributed by atoms with Crippen LogP contribution in [0.1, 0.15) is 5.56 Å². The molecule has 0 atom stereocenters. The molecule has 0 amide bonds. The molecular formula is C17H10ClN5. The number of aromatic nitrogens is 4. The lowest BCUT2D eigenvalue weighted by molar-refractivity contribution is 1.12. The zero-order valence-electron chi connectivity index (χ0n) is 11.8. The predicted octanol–water partition coefficient (Wildman–Crippen LogP) is 3.88. The summed E-state index contributed by atoms with van der Waals surface area (Å²) in [5.74, 6) is 3.08. The quantitative estimate of drug-likeness (QED) is 0.550. The molecule has 0 saturated carbocycles. The van der Waals surface area contributed by atoms with Crippen LogP contribution in [0.3, 0.4) is 0 Å². The largest absolute Gasteiger partial charge is 0.323 e. The molecule has 110 valence electrons. The van der Waals surface area contributed by atoms with Crippen LogP contribution in [0.5, 0.6) is 0 Å². The van der Waals surface area contributed by atoms with Crippen molar-refractivity contribution in [2.24, 2.45) is 0 Å². The van der Waals surface area contributed by atoms with Crippen LogP contribution in [0.15, 0.2) is 42.7 Å². The number of rotatable bonds is 2. The minimum absolute atomic E-state index is 0.482. The van der Waals surface area contributed by atoms with Gasteiger partial charge >= 0.3 is 0 Å². The van der Waals surface area contributed by atoms with Gasteiger partial charge in [-0.25, -0.2) is 9.97 Å². The van der Waals surface area contributed by atoms with Crippen molar-refractivity contribution < 1.29 is 0 Å². The number of halogens is 1. The van der Waals surface area contributed by atoms with Crippen molar-refractivity contribution in [1.82, 2.24) is 20.2 Å². The summed E-state index contributed by atoms with van der Waals surface area (Å²) in [7, 11) is 0. The van der Waals surface area contributed by atoms with E-state index in [2.05, 4.69) is 31.4 Å². The van der Waals surface area contributed by atoms with E-state index in [1.165, 1.54) is 0 Å². The molecule has 4 aromatic rings. The standard InChI is InChI=1S/C17H10ClN5/c1-2-10-3-4-14-11(5-10)8-19-17(21-14)22-15-6-12(18)7-16-13(15)9-20-23-16/h1,3-9H,(H,20,23)(H,19,21,22). The van der Waals surface area contributed by atoms with E-state index in [9.17, 15) is 0 Å². The molecule has 6 heteroatoms. The Kier molecular flexibility index (Phi) is 3.11. The highest BCUT2D eigenvalue weighted by Crippen LogP contribution is 2.28. The summed E-state index contributed by atoms with van der Waals surface area (Å²) < 4.78 is 0. The number of hydrogen-bond acceptors (Lipinski definition) is 4. The summed E-state index contributed by atoms with van der Waals surface area (Å²) in [5.41, 5.74) is 3.25. The van der Waals surface area contributed by atoms with Crippen LogP contribution in [0, 0.1) is 12.3 Å². The third-order valence-corrected chi connectivity index (χ3v) is 3.73. The number of H-pyrrole nitrogens is 1. The Morgan fingerprint density at radius 1 is 1.17 bits per heavy atom. The molecule has 0 fully saturated rings. The highest BCUT2D eigenvalue weighted by atomic mass is 35.5. The molecule has 0 spiro atoms. The van der Waals surface area contributed by atoms with Gasteiger partial charge in [-0.05, 0) is 30.3 Å². The summed E-state index contributed by atoms with van der Waals surface area (Å²) in [5, 5.41) is 12.5. The summed E-state index contributed by atoms with van der Waals surface area (Å²) in [6, 6.07) is 9.24. The van der Waals surface area contributed by atoms with Crippen LogP contribution in [-0.2, 0) is 0 Å². The Morgan fingerprint density at radius 2 is 2.09 bits per heavy atom. The minimum atomic E-state index is 0.482. The second-order valence-corrected chi connectivity index (χ2v) is 5.46. The van der Waals surface area contributed by atoms with Gasteiger partial charge in [0.15, 0.2) is 0 Å². The summed E-state index contributed by atoms with van der Waals surface area (Å²) >= 11 is 6.13. The topological polar surface area (TPSA) is 66.5 Å². The molecule has 2 aromatic carbocycles. The first-order valence-electron chi connectivity index (χ1n) is 6.86. The lowest BCUT2D eigenvalue weighted by Gasteiger charge is -2.07. The molecule has 2 heterocycles. The van der Waals surface area contributed by atoms with Crippen LogP contribution in [0.4, 0.5) is 11.6 Å². The van der Waals surface area contributed by atoms with Crippen molar-refractivity contribution in [2.45, 2.75) is 0 Å². The van der Waals surface area contributed by atoms with Gasteiger partial charge in [-0.2, -0.15) is 5.10 Å². The number of benzene rings is 2. The van der Waals surface area contributed by atoms with Crippen LogP contribution in [0.25, 0.3) is 21.8 Å². The van der Waals surface area contributed by atoms with Gasteiger partial charge in [0.05, 0.1) is 22.9 Å². The predicted molar refractivity (Wildman–Crippen MR) is 91.9 cm³/mol. The number of nitrogens with one attached hydrogen (secondary N) is 2. The number of terminal acetylenes is 1. The molecule has 0 aliphatic heterocycles. The summed E-state index contributed by atoms with van der Waals surface area (Å²) in [6.07, 6.45) is 8.87. The van der Waals surface area contributed by atoms with E-state index in [-0.39, 0.29) is 0 Å². The first-order chi connectivity index (χ1) is 11.2. The zero-order chi connectivity index (χ0) is 15.8. The number of hydrogen-bond donors (Lipinski definition) is 2. The second kappa shape index (κ2) is 5.27. The average Bonchev–Trinajstić information content (AvgIpc) is 3.02. The number of anilines is 2. The molecule has 23 heavy (non-hydrogen) atoms. The van der Waals surface area contributed by atoms with Crippen molar-refractivity contribution in [3.8, 4) is 12.3 Å². The lowest BCUT2D eigenvalue weighted by atomic mass is 10.1. The number of fused-ring (bicyclic) bond motifs is 2. The maximum absolute atomic E-state index is 6.13. The fourth-order valence-corrected chi connectivity index (χ4v) is 2.64. The lowest BCUT2D eigenvalue weighted by Crippen LogP contribution is -1.97. The fraction of sp³-hybridized carbons (Fsp3) is 0. The summed E-state index contributed by atoms with van der Waals surface area (Å²) in [6.45, 7) is 0. The van der Waals surface area contributed by atoms with Crippen LogP contribution >= 0.6 is 11.6 Å². The van der Waals surface area contributed by atoms with Gasteiger partial charge in [-0.3, -0.25) is 5.10 Å². The highest BCUT2D eigenvalue weighted by Gasteiger charge is 2.08. The Bertz CT molecular complexity index is 1080. The van der Waals surface area contributed by atoms with E-state index in [4.69, 9.17) is 18.0 Å². The van der Waals surface area contributed by atoms with Gasteiger partial charge in [0, 0.05) is 27.6 Å². The maximum atomic E-state index is 6.13. The van der Waals surface area contributed by atoms with Gasteiger partial charge in [-0.1, -0.05) is 17.5 Å². The molecule has 5 nitrogen and oxygen atoms in total. The first-order valence-corrected chi connectivity index (χ1v) is 7.24. The van der Waals surface area contributed by atoms with Crippen molar-refractivity contribution in [1.29, 1.82) is 0 Å². The Balaban J connectivity index is 1.77. The smallest absolute Gasteiger partial charge is 0.227 e. The van der Waals surface area contributed by atoms with Gasteiger partial charge in [0.1, 0.15) is 0 Å². The number of aromatic amines is 1. The highest BCUT2D eigenvalue weighted by molar-refractivity contribution is 6.31. The maximum Gasteiger partial charge on any atom is 0.227 e. The van der Waals surface area contributed by atoms with Gasteiger partial charge in [0.25, 0.3) is 0 Å².